The van der Waals surface area contributed by atoms with Crippen LogP contribution in [0.1, 0.15) is 28.8 Å². The smallest absolute Gasteiger partial charge is 0.305 e. The van der Waals surface area contributed by atoms with Gasteiger partial charge in [0.1, 0.15) is 0 Å². The first kappa shape index (κ1) is 12.7. The van der Waals surface area contributed by atoms with E-state index in [1.165, 1.54) is 33.3 Å². The number of fused-ring (bicyclic) bond motifs is 1. The SMILES string of the molecule is Cc1ccc(C)c2c1c(C)c(C)n2CCC(=O)O. The lowest BCUT2D eigenvalue weighted by atomic mass is 10.0. The average Bonchev–Trinajstić information content (AvgIpc) is 2.56. The van der Waals surface area contributed by atoms with Gasteiger partial charge in [-0.05, 0) is 44.4 Å². The molecule has 0 unspecified atom stereocenters. The van der Waals surface area contributed by atoms with Crippen LogP contribution in [-0.2, 0) is 11.3 Å². The van der Waals surface area contributed by atoms with Gasteiger partial charge in [-0.25, -0.2) is 0 Å². The molecule has 0 aliphatic rings. The molecular formula is C15H19NO2. The Bertz CT molecular complexity index is 623. The third kappa shape index (κ3) is 1.90. The van der Waals surface area contributed by atoms with Gasteiger partial charge < -0.3 is 9.67 Å². The molecule has 3 heteroatoms. The minimum atomic E-state index is -0.751. The Hall–Kier alpha value is -1.77. The lowest BCUT2D eigenvalue weighted by Gasteiger charge is -2.09. The molecule has 0 saturated heterocycles. The predicted molar refractivity (Wildman–Crippen MR) is 73.1 cm³/mol. The number of aryl methyl sites for hydroxylation is 4. The van der Waals surface area contributed by atoms with Crippen molar-refractivity contribution in [2.75, 3.05) is 0 Å². The zero-order valence-corrected chi connectivity index (χ0v) is 11.4. The Labute approximate surface area is 107 Å². The van der Waals surface area contributed by atoms with Crippen molar-refractivity contribution in [2.45, 2.75) is 40.7 Å². The molecule has 3 nitrogen and oxygen atoms in total. The van der Waals surface area contributed by atoms with Crippen molar-refractivity contribution in [3.63, 3.8) is 0 Å². The fourth-order valence-electron chi connectivity index (χ4n) is 2.66. The second kappa shape index (κ2) is 4.48. The molecule has 0 atom stereocenters. The minimum absolute atomic E-state index is 0.164. The van der Waals surface area contributed by atoms with Crippen molar-refractivity contribution in [3.05, 3.63) is 34.5 Å². The number of carboxylic acid groups (broad SMARTS) is 1. The monoisotopic (exact) mass is 245 g/mol. The van der Waals surface area contributed by atoms with E-state index in [9.17, 15) is 4.79 Å². The van der Waals surface area contributed by atoms with E-state index in [1.807, 2.05) is 0 Å². The number of rotatable bonds is 3. The highest BCUT2D eigenvalue weighted by molar-refractivity contribution is 5.90. The number of hydrogen-bond donors (Lipinski definition) is 1. The molecule has 0 aliphatic carbocycles. The standard InChI is InChI=1S/C15H19NO2/c1-9-5-6-10(2)15-14(9)11(3)12(4)16(15)8-7-13(17)18/h5-6H,7-8H2,1-4H3,(H,17,18). The van der Waals surface area contributed by atoms with Crippen LogP contribution in [0.4, 0.5) is 0 Å². The highest BCUT2D eigenvalue weighted by atomic mass is 16.4. The van der Waals surface area contributed by atoms with E-state index in [-0.39, 0.29) is 6.42 Å². The Morgan fingerprint density at radius 1 is 1.17 bits per heavy atom. The lowest BCUT2D eigenvalue weighted by molar-refractivity contribution is -0.137. The third-order valence-corrected chi connectivity index (χ3v) is 3.73. The number of benzene rings is 1. The lowest BCUT2D eigenvalue weighted by Crippen LogP contribution is -2.06. The summed E-state index contributed by atoms with van der Waals surface area (Å²) in [6.45, 7) is 8.90. The number of aliphatic carboxylic acids is 1. The molecule has 1 aromatic heterocycles. The molecule has 18 heavy (non-hydrogen) atoms. The summed E-state index contributed by atoms with van der Waals surface area (Å²) in [4.78, 5) is 10.8. The molecule has 0 amide bonds. The molecular weight excluding hydrogens is 226 g/mol. The van der Waals surface area contributed by atoms with Crippen molar-refractivity contribution in [2.24, 2.45) is 0 Å². The molecule has 0 radical (unpaired) electrons. The van der Waals surface area contributed by atoms with E-state index in [0.29, 0.717) is 6.54 Å². The molecule has 96 valence electrons. The molecule has 0 spiro atoms. The first-order valence-electron chi connectivity index (χ1n) is 6.21. The van der Waals surface area contributed by atoms with Crippen molar-refractivity contribution in [1.82, 2.24) is 4.57 Å². The largest absolute Gasteiger partial charge is 0.481 e. The fraction of sp³-hybridized carbons (Fsp3) is 0.400. The van der Waals surface area contributed by atoms with E-state index >= 15 is 0 Å². The zero-order valence-electron chi connectivity index (χ0n) is 11.4. The summed E-state index contributed by atoms with van der Waals surface area (Å²) in [7, 11) is 0. The van der Waals surface area contributed by atoms with E-state index in [4.69, 9.17) is 5.11 Å². The molecule has 0 saturated carbocycles. The van der Waals surface area contributed by atoms with Gasteiger partial charge >= 0.3 is 5.97 Å². The van der Waals surface area contributed by atoms with Gasteiger partial charge in [0.2, 0.25) is 0 Å². The number of hydrogen-bond acceptors (Lipinski definition) is 1. The van der Waals surface area contributed by atoms with Crippen LogP contribution in [0.2, 0.25) is 0 Å². The summed E-state index contributed by atoms with van der Waals surface area (Å²) in [6, 6.07) is 4.24. The van der Waals surface area contributed by atoms with Gasteiger partial charge in [0.05, 0.1) is 11.9 Å². The van der Waals surface area contributed by atoms with Gasteiger partial charge in [-0.2, -0.15) is 0 Å². The molecule has 1 aromatic carbocycles. The van der Waals surface area contributed by atoms with Crippen molar-refractivity contribution in [1.29, 1.82) is 0 Å². The maximum absolute atomic E-state index is 10.8. The minimum Gasteiger partial charge on any atom is -0.481 e. The van der Waals surface area contributed by atoms with Crippen LogP contribution < -0.4 is 0 Å². The fourth-order valence-corrected chi connectivity index (χ4v) is 2.66. The normalized spacial score (nSPS) is 11.1. The predicted octanol–water partition coefficient (Wildman–Crippen LogP) is 3.35. The maximum Gasteiger partial charge on any atom is 0.305 e. The molecule has 0 fully saturated rings. The van der Waals surface area contributed by atoms with Gasteiger partial charge in [0.25, 0.3) is 0 Å². The maximum atomic E-state index is 10.8. The van der Waals surface area contributed by atoms with Gasteiger partial charge in [-0.1, -0.05) is 12.1 Å². The highest BCUT2D eigenvalue weighted by Gasteiger charge is 2.15. The van der Waals surface area contributed by atoms with Gasteiger partial charge in [-0.3, -0.25) is 4.79 Å². The number of aromatic nitrogens is 1. The first-order valence-corrected chi connectivity index (χ1v) is 6.21. The Kier molecular flexibility index (Phi) is 3.16. The van der Waals surface area contributed by atoms with Crippen molar-refractivity contribution < 1.29 is 9.90 Å². The topological polar surface area (TPSA) is 42.2 Å². The summed E-state index contributed by atoms with van der Waals surface area (Å²) in [5.74, 6) is -0.751. The molecule has 2 rings (SSSR count). The van der Waals surface area contributed by atoms with E-state index < -0.39 is 5.97 Å². The summed E-state index contributed by atoms with van der Waals surface area (Å²) in [5.41, 5.74) is 6.08. The molecule has 0 bridgehead atoms. The van der Waals surface area contributed by atoms with Crippen molar-refractivity contribution >= 4 is 16.9 Å². The summed E-state index contributed by atoms with van der Waals surface area (Å²) in [5, 5.41) is 10.1. The van der Waals surface area contributed by atoms with Crippen LogP contribution in [-0.4, -0.2) is 15.6 Å². The zero-order chi connectivity index (χ0) is 13.4. The number of nitrogens with zero attached hydrogens (tertiary/aromatic N) is 1. The van der Waals surface area contributed by atoms with Crippen LogP contribution in [0.25, 0.3) is 10.9 Å². The molecule has 0 aliphatic heterocycles. The quantitative estimate of drug-likeness (QED) is 0.901. The second-order valence-corrected chi connectivity index (χ2v) is 4.93. The van der Waals surface area contributed by atoms with E-state index in [1.54, 1.807) is 0 Å². The average molecular weight is 245 g/mol. The van der Waals surface area contributed by atoms with Crippen LogP contribution in [0.3, 0.4) is 0 Å². The third-order valence-electron chi connectivity index (χ3n) is 3.73. The van der Waals surface area contributed by atoms with Crippen LogP contribution in [0.5, 0.6) is 0 Å². The van der Waals surface area contributed by atoms with Crippen LogP contribution >= 0.6 is 0 Å². The first-order chi connectivity index (χ1) is 8.43. The van der Waals surface area contributed by atoms with Crippen LogP contribution in [0, 0.1) is 27.7 Å². The van der Waals surface area contributed by atoms with Gasteiger partial charge in [0, 0.05) is 17.6 Å². The number of carboxylic acids is 1. The summed E-state index contributed by atoms with van der Waals surface area (Å²) in [6.07, 6.45) is 0.164. The van der Waals surface area contributed by atoms with Gasteiger partial charge in [0.15, 0.2) is 0 Å². The number of carbonyl (C=O) groups is 1. The Morgan fingerprint density at radius 2 is 1.78 bits per heavy atom. The van der Waals surface area contributed by atoms with E-state index in [2.05, 4.69) is 44.4 Å². The Balaban J connectivity index is 2.69. The summed E-state index contributed by atoms with van der Waals surface area (Å²) < 4.78 is 2.14. The van der Waals surface area contributed by atoms with Crippen LogP contribution in [0.15, 0.2) is 12.1 Å². The molecule has 1 heterocycles. The molecule has 2 aromatic rings. The second-order valence-electron chi connectivity index (χ2n) is 4.93. The Morgan fingerprint density at radius 3 is 2.39 bits per heavy atom. The highest BCUT2D eigenvalue weighted by Crippen LogP contribution is 2.30. The summed E-state index contributed by atoms with van der Waals surface area (Å²) >= 11 is 0. The van der Waals surface area contributed by atoms with E-state index in [0.717, 1.165) is 0 Å². The van der Waals surface area contributed by atoms with Gasteiger partial charge in [-0.15, -0.1) is 0 Å². The van der Waals surface area contributed by atoms with Crippen molar-refractivity contribution in [3.8, 4) is 0 Å². The molecule has 1 N–H and O–H groups in total.